The highest BCUT2D eigenvalue weighted by atomic mass is 19.4. The SMILES string of the molecule is Cc1ccn(CCOC(F)(F)F)c(=O)c1. The lowest BCUT2D eigenvalue weighted by molar-refractivity contribution is -0.325. The van der Waals surface area contributed by atoms with E-state index in [-0.39, 0.29) is 12.1 Å². The summed E-state index contributed by atoms with van der Waals surface area (Å²) in [5.74, 6) is 0. The van der Waals surface area contributed by atoms with Crippen LogP contribution in [0.25, 0.3) is 0 Å². The number of aromatic nitrogens is 1. The number of alkyl halides is 3. The average molecular weight is 221 g/mol. The quantitative estimate of drug-likeness (QED) is 0.777. The van der Waals surface area contributed by atoms with Crippen molar-refractivity contribution in [3.05, 3.63) is 34.2 Å². The van der Waals surface area contributed by atoms with Crippen LogP contribution in [0.3, 0.4) is 0 Å². The second-order valence-electron chi connectivity index (χ2n) is 3.03. The van der Waals surface area contributed by atoms with Gasteiger partial charge in [0.2, 0.25) is 0 Å². The zero-order valence-electron chi connectivity index (χ0n) is 8.04. The van der Waals surface area contributed by atoms with Gasteiger partial charge < -0.3 is 4.57 Å². The molecule has 1 aromatic heterocycles. The van der Waals surface area contributed by atoms with Crippen LogP contribution < -0.4 is 5.56 Å². The second kappa shape index (κ2) is 4.48. The molecule has 0 unspecified atom stereocenters. The predicted molar refractivity (Wildman–Crippen MR) is 47.4 cm³/mol. The smallest absolute Gasteiger partial charge is 0.313 e. The monoisotopic (exact) mass is 221 g/mol. The average Bonchev–Trinajstić information content (AvgIpc) is 2.07. The fraction of sp³-hybridized carbons (Fsp3) is 0.444. The number of nitrogens with zero attached hydrogens (tertiary/aromatic N) is 1. The standard InChI is InChI=1S/C9H10F3NO2/c1-7-2-3-13(8(14)6-7)4-5-15-9(10,11)12/h2-3,6H,4-5H2,1H3. The first-order valence-electron chi connectivity index (χ1n) is 4.26. The number of hydrogen-bond acceptors (Lipinski definition) is 2. The Bertz CT molecular complexity index is 384. The van der Waals surface area contributed by atoms with Crippen LogP contribution in [0.15, 0.2) is 23.1 Å². The maximum atomic E-state index is 11.6. The zero-order chi connectivity index (χ0) is 11.5. The normalized spacial score (nSPS) is 11.7. The molecular weight excluding hydrogens is 211 g/mol. The molecule has 0 saturated heterocycles. The van der Waals surface area contributed by atoms with Crippen molar-refractivity contribution in [3.8, 4) is 0 Å². The van der Waals surface area contributed by atoms with Crippen LogP contribution in [0.1, 0.15) is 5.56 Å². The summed E-state index contributed by atoms with van der Waals surface area (Å²) in [5.41, 5.74) is 0.439. The minimum absolute atomic E-state index is 0.112. The summed E-state index contributed by atoms with van der Waals surface area (Å²) in [6.07, 6.45) is -3.20. The van der Waals surface area contributed by atoms with Crippen molar-refractivity contribution < 1.29 is 17.9 Å². The molecule has 0 saturated carbocycles. The van der Waals surface area contributed by atoms with Crippen LogP contribution in [0, 0.1) is 6.92 Å². The van der Waals surface area contributed by atoms with Crippen molar-refractivity contribution in [3.63, 3.8) is 0 Å². The third kappa shape index (κ3) is 4.16. The molecule has 1 rings (SSSR count). The van der Waals surface area contributed by atoms with E-state index in [1.54, 1.807) is 13.0 Å². The Balaban J connectivity index is 2.55. The highest BCUT2D eigenvalue weighted by molar-refractivity contribution is 5.07. The molecule has 15 heavy (non-hydrogen) atoms. The molecule has 0 aliphatic heterocycles. The Morgan fingerprint density at radius 3 is 2.67 bits per heavy atom. The fourth-order valence-electron chi connectivity index (χ4n) is 1.05. The van der Waals surface area contributed by atoms with Crippen LogP contribution in [0.5, 0.6) is 0 Å². The van der Waals surface area contributed by atoms with E-state index >= 15 is 0 Å². The van der Waals surface area contributed by atoms with E-state index in [4.69, 9.17) is 0 Å². The van der Waals surface area contributed by atoms with E-state index in [1.807, 2.05) is 0 Å². The Morgan fingerprint density at radius 1 is 1.47 bits per heavy atom. The maximum absolute atomic E-state index is 11.6. The van der Waals surface area contributed by atoms with Crippen molar-refractivity contribution >= 4 is 0 Å². The molecule has 0 radical (unpaired) electrons. The van der Waals surface area contributed by atoms with E-state index in [0.717, 1.165) is 5.56 Å². The molecule has 3 nitrogen and oxygen atoms in total. The van der Waals surface area contributed by atoms with Crippen molar-refractivity contribution in [1.29, 1.82) is 0 Å². The summed E-state index contributed by atoms with van der Waals surface area (Å²) < 4.78 is 39.6. The summed E-state index contributed by atoms with van der Waals surface area (Å²) >= 11 is 0. The zero-order valence-corrected chi connectivity index (χ0v) is 8.04. The second-order valence-corrected chi connectivity index (χ2v) is 3.03. The highest BCUT2D eigenvalue weighted by Gasteiger charge is 2.28. The summed E-state index contributed by atoms with van der Waals surface area (Å²) in [5, 5.41) is 0. The van der Waals surface area contributed by atoms with E-state index < -0.39 is 13.0 Å². The van der Waals surface area contributed by atoms with E-state index in [0.29, 0.717) is 0 Å². The molecule has 0 aliphatic rings. The Hall–Kier alpha value is -1.30. The molecule has 0 bridgehead atoms. The lowest BCUT2D eigenvalue weighted by Gasteiger charge is -2.08. The highest BCUT2D eigenvalue weighted by Crippen LogP contribution is 2.15. The van der Waals surface area contributed by atoms with E-state index in [2.05, 4.69) is 4.74 Å². The number of hydrogen-bond donors (Lipinski definition) is 0. The lowest BCUT2D eigenvalue weighted by Crippen LogP contribution is -2.24. The predicted octanol–water partition coefficient (Wildman–Crippen LogP) is 1.69. The topological polar surface area (TPSA) is 31.2 Å². The Morgan fingerprint density at radius 2 is 2.13 bits per heavy atom. The van der Waals surface area contributed by atoms with Gasteiger partial charge in [0, 0.05) is 18.8 Å². The largest absolute Gasteiger partial charge is 0.522 e. The molecule has 0 aliphatic carbocycles. The van der Waals surface area contributed by atoms with Gasteiger partial charge in [-0.05, 0) is 18.6 Å². The van der Waals surface area contributed by atoms with Crippen LogP contribution in [0.2, 0.25) is 0 Å². The van der Waals surface area contributed by atoms with Gasteiger partial charge in [-0.2, -0.15) is 0 Å². The molecule has 0 spiro atoms. The summed E-state index contributed by atoms with van der Waals surface area (Å²) in [7, 11) is 0. The van der Waals surface area contributed by atoms with Crippen molar-refractivity contribution in [2.75, 3.05) is 6.61 Å². The van der Waals surface area contributed by atoms with Crippen molar-refractivity contribution in [1.82, 2.24) is 4.57 Å². The minimum Gasteiger partial charge on any atom is -0.313 e. The molecule has 1 aromatic rings. The van der Waals surface area contributed by atoms with Gasteiger partial charge in [0.05, 0.1) is 6.61 Å². The van der Waals surface area contributed by atoms with Gasteiger partial charge in [0.15, 0.2) is 0 Å². The molecule has 84 valence electrons. The Kier molecular flexibility index (Phi) is 3.52. The third-order valence-electron chi connectivity index (χ3n) is 1.75. The number of rotatable bonds is 3. The van der Waals surface area contributed by atoms with E-state index in [9.17, 15) is 18.0 Å². The van der Waals surface area contributed by atoms with Crippen LogP contribution >= 0.6 is 0 Å². The molecule has 0 fully saturated rings. The maximum Gasteiger partial charge on any atom is 0.522 e. The molecule has 0 atom stereocenters. The number of halogens is 3. The number of ether oxygens (including phenoxy) is 1. The third-order valence-corrected chi connectivity index (χ3v) is 1.75. The van der Waals surface area contributed by atoms with Gasteiger partial charge in [0.1, 0.15) is 0 Å². The lowest BCUT2D eigenvalue weighted by atomic mass is 10.3. The number of pyridine rings is 1. The van der Waals surface area contributed by atoms with Crippen molar-refractivity contribution in [2.45, 2.75) is 19.8 Å². The first-order chi connectivity index (χ1) is 6.88. The van der Waals surface area contributed by atoms with Gasteiger partial charge in [0.25, 0.3) is 5.56 Å². The molecule has 0 amide bonds. The van der Waals surface area contributed by atoms with Crippen molar-refractivity contribution in [2.24, 2.45) is 0 Å². The summed E-state index contributed by atoms with van der Waals surface area (Å²) in [6, 6.07) is 3.00. The van der Waals surface area contributed by atoms with Gasteiger partial charge >= 0.3 is 6.36 Å². The Labute approximate surface area is 84.1 Å². The van der Waals surface area contributed by atoms with Crippen LogP contribution in [0.4, 0.5) is 13.2 Å². The van der Waals surface area contributed by atoms with Gasteiger partial charge in [-0.15, -0.1) is 13.2 Å². The minimum atomic E-state index is -4.64. The molecule has 0 N–H and O–H groups in total. The first kappa shape index (κ1) is 11.8. The van der Waals surface area contributed by atoms with Gasteiger partial charge in [-0.25, -0.2) is 0 Å². The fourth-order valence-corrected chi connectivity index (χ4v) is 1.05. The molecule has 0 aromatic carbocycles. The van der Waals surface area contributed by atoms with Gasteiger partial charge in [-0.3, -0.25) is 9.53 Å². The first-order valence-corrected chi connectivity index (χ1v) is 4.26. The summed E-state index contributed by atoms with van der Waals surface area (Å²) in [4.78, 5) is 11.2. The molecule has 6 heteroatoms. The molecular formula is C9H10F3NO2. The van der Waals surface area contributed by atoms with E-state index in [1.165, 1.54) is 16.8 Å². The van der Waals surface area contributed by atoms with Crippen LogP contribution in [-0.2, 0) is 11.3 Å². The number of aryl methyl sites for hydroxylation is 1. The van der Waals surface area contributed by atoms with Gasteiger partial charge in [-0.1, -0.05) is 0 Å². The summed E-state index contributed by atoms with van der Waals surface area (Å²) in [6.45, 7) is 1.06. The molecule has 1 heterocycles. The van der Waals surface area contributed by atoms with Crippen LogP contribution in [-0.4, -0.2) is 17.5 Å².